The molecule has 0 unspecified atom stereocenters. The molecule has 31 heavy (non-hydrogen) atoms. The van der Waals surface area contributed by atoms with E-state index in [0.29, 0.717) is 27.4 Å². The highest BCUT2D eigenvalue weighted by Gasteiger charge is 2.22. The first kappa shape index (κ1) is 19.4. The summed E-state index contributed by atoms with van der Waals surface area (Å²) in [6.45, 7) is 0. The van der Waals surface area contributed by atoms with Gasteiger partial charge in [0.25, 0.3) is 5.91 Å². The highest BCUT2D eigenvalue weighted by molar-refractivity contribution is 7.98. The number of carbonyl (C=O) groups excluding carboxylic acids is 1. The highest BCUT2D eigenvalue weighted by Crippen LogP contribution is 2.32. The van der Waals surface area contributed by atoms with Crippen molar-refractivity contribution < 1.29 is 9.21 Å². The predicted octanol–water partition coefficient (Wildman–Crippen LogP) is 5.29. The van der Waals surface area contributed by atoms with Crippen LogP contribution in [0.1, 0.15) is 16.1 Å². The van der Waals surface area contributed by atoms with E-state index in [1.807, 2.05) is 54.6 Å². The molecule has 0 aliphatic carbocycles. The van der Waals surface area contributed by atoms with Crippen molar-refractivity contribution in [3.8, 4) is 11.4 Å². The smallest absolute Gasteiger partial charge is 0.293 e. The third-order valence-electron chi connectivity index (χ3n) is 4.47. The van der Waals surface area contributed by atoms with Gasteiger partial charge in [0.1, 0.15) is 5.58 Å². The first-order valence-corrected chi connectivity index (χ1v) is 11.1. The number of hydrogen-bond acceptors (Lipinski definition) is 8. The molecule has 0 fully saturated rings. The number of anilines is 1. The van der Waals surface area contributed by atoms with Crippen LogP contribution in [0.2, 0.25) is 0 Å². The van der Waals surface area contributed by atoms with Gasteiger partial charge in [0.2, 0.25) is 5.13 Å². The number of furan rings is 1. The summed E-state index contributed by atoms with van der Waals surface area (Å²) in [5.41, 5.74) is 2.33. The van der Waals surface area contributed by atoms with Gasteiger partial charge in [-0.3, -0.25) is 10.1 Å². The van der Waals surface area contributed by atoms with E-state index in [9.17, 15) is 4.79 Å². The zero-order valence-corrected chi connectivity index (χ0v) is 17.7. The molecule has 0 aliphatic heterocycles. The van der Waals surface area contributed by atoms with Crippen LogP contribution in [-0.4, -0.2) is 25.2 Å². The number of carbonyl (C=O) groups is 1. The Morgan fingerprint density at radius 2 is 1.77 bits per heavy atom. The standard InChI is InChI=1S/C22H15N5O2S2/c28-20(26-22-25-19(27-31-22)14-7-2-1-3-8-14)18-16(13-30-21-23-11-6-12-24-21)15-9-4-5-10-17(15)29-18/h1-12H,13H2,(H,25,26,27,28). The molecule has 0 aliphatic rings. The average molecular weight is 446 g/mol. The minimum atomic E-state index is -0.364. The summed E-state index contributed by atoms with van der Waals surface area (Å²) in [6.07, 6.45) is 3.38. The molecule has 1 N–H and O–H groups in total. The number of hydrogen-bond donors (Lipinski definition) is 1. The van der Waals surface area contributed by atoms with Crippen LogP contribution in [0.15, 0.2) is 82.6 Å². The zero-order chi connectivity index (χ0) is 21.0. The topological polar surface area (TPSA) is 93.8 Å². The van der Waals surface area contributed by atoms with Crippen LogP contribution in [0.3, 0.4) is 0 Å². The Kier molecular flexibility index (Phi) is 5.42. The number of amides is 1. The molecule has 152 valence electrons. The van der Waals surface area contributed by atoms with Crippen LogP contribution < -0.4 is 5.32 Å². The maximum absolute atomic E-state index is 13.1. The minimum Gasteiger partial charge on any atom is -0.451 e. The Morgan fingerprint density at radius 1 is 1.00 bits per heavy atom. The largest absolute Gasteiger partial charge is 0.451 e. The van der Waals surface area contributed by atoms with Crippen LogP contribution >= 0.6 is 23.3 Å². The number of aromatic nitrogens is 4. The number of nitrogens with zero attached hydrogens (tertiary/aromatic N) is 4. The van der Waals surface area contributed by atoms with Gasteiger partial charge in [0.05, 0.1) is 0 Å². The molecule has 0 radical (unpaired) electrons. The van der Waals surface area contributed by atoms with E-state index in [1.54, 1.807) is 18.5 Å². The van der Waals surface area contributed by atoms with Crippen LogP contribution in [-0.2, 0) is 5.75 Å². The normalized spacial score (nSPS) is 11.0. The van der Waals surface area contributed by atoms with Gasteiger partial charge in [-0.05, 0) is 12.1 Å². The van der Waals surface area contributed by atoms with E-state index in [4.69, 9.17) is 4.42 Å². The molecule has 7 nitrogen and oxygen atoms in total. The van der Waals surface area contributed by atoms with Gasteiger partial charge in [-0.15, -0.1) is 0 Å². The fraction of sp³-hybridized carbons (Fsp3) is 0.0455. The second kappa shape index (κ2) is 8.66. The third-order valence-corrected chi connectivity index (χ3v) is 6.00. The van der Waals surface area contributed by atoms with Crippen molar-refractivity contribution in [2.45, 2.75) is 10.9 Å². The van der Waals surface area contributed by atoms with Gasteiger partial charge in [-0.1, -0.05) is 60.3 Å². The molecule has 5 aromatic rings. The van der Waals surface area contributed by atoms with Gasteiger partial charge in [-0.25, -0.2) is 9.97 Å². The summed E-state index contributed by atoms with van der Waals surface area (Å²) in [5, 5.41) is 4.75. The number of benzene rings is 2. The van der Waals surface area contributed by atoms with Crippen LogP contribution in [0.5, 0.6) is 0 Å². The molecule has 9 heteroatoms. The first-order chi connectivity index (χ1) is 15.3. The maximum Gasteiger partial charge on any atom is 0.293 e. The third kappa shape index (κ3) is 4.18. The lowest BCUT2D eigenvalue weighted by Gasteiger charge is -2.03. The van der Waals surface area contributed by atoms with Crippen LogP contribution in [0.25, 0.3) is 22.4 Å². The maximum atomic E-state index is 13.1. The number of thioether (sulfide) groups is 1. The van der Waals surface area contributed by atoms with Gasteiger partial charge in [0, 0.05) is 46.2 Å². The number of fused-ring (bicyclic) bond motifs is 1. The van der Waals surface area contributed by atoms with Crippen molar-refractivity contribution in [2.24, 2.45) is 0 Å². The molecule has 0 bridgehead atoms. The number of nitrogens with one attached hydrogen (secondary N) is 1. The van der Waals surface area contributed by atoms with Crippen molar-refractivity contribution in [2.75, 3.05) is 5.32 Å². The molecule has 2 aromatic carbocycles. The van der Waals surface area contributed by atoms with E-state index in [-0.39, 0.29) is 11.7 Å². The molecule has 3 aromatic heterocycles. The zero-order valence-electron chi connectivity index (χ0n) is 16.1. The SMILES string of the molecule is O=C(Nc1nc(-c2ccccc2)ns1)c1oc2ccccc2c1CSc1ncccn1. The summed E-state index contributed by atoms with van der Waals surface area (Å²) >= 11 is 2.58. The van der Waals surface area contributed by atoms with Crippen molar-refractivity contribution in [1.82, 2.24) is 19.3 Å². The Morgan fingerprint density at radius 3 is 2.61 bits per heavy atom. The Bertz CT molecular complexity index is 1340. The average Bonchev–Trinajstić information content (AvgIpc) is 3.44. The lowest BCUT2D eigenvalue weighted by molar-refractivity contribution is 0.0998. The molecule has 0 atom stereocenters. The molecular formula is C22H15N5O2S2. The molecule has 1 amide bonds. The highest BCUT2D eigenvalue weighted by atomic mass is 32.2. The molecule has 3 heterocycles. The van der Waals surface area contributed by atoms with E-state index in [1.165, 1.54) is 11.8 Å². The van der Waals surface area contributed by atoms with E-state index in [2.05, 4.69) is 24.6 Å². The Hall–Kier alpha value is -3.56. The summed E-state index contributed by atoms with van der Waals surface area (Å²) in [5.74, 6) is 0.954. The molecule has 0 saturated heterocycles. The predicted molar refractivity (Wildman–Crippen MR) is 121 cm³/mol. The number of rotatable bonds is 6. The fourth-order valence-electron chi connectivity index (χ4n) is 3.05. The summed E-state index contributed by atoms with van der Waals surface area (Å²) in [6, 6.07) is 19.0. The van der Waals surface area contributed by atoms with E-state index >= 15 is 0 Å². The molecule has 5 rings (SSSR count). The van der Waals surface area contributed by atoms with Gasteiger partial charge in [-0.2, -0.15) is 9.36 Å². The van der Waals surface area contributed by atoms with Crippen molar-refractivity contribution in [1.29, 1.82) is 0 Å². The summed E-state index contributed by atoms with van der Waals surface area (Å²) < 4.78 is 10.2. The van der Waals surface area contributed by atoms with E-state index in [0.717, 1.165) is 28.0 Å². The number of para-hydroxylation sites is 1. The molecule has 0 spiro atoms. The van der Waals surface area contributed by atoms with Gasteiger partial charge >= 0.3 is 0 Å². The van der Waals surface area contributed by atoms with Gasteiger partial charge < -0.3 is 4.42 Å². The molecule has 0 saturated carbocycles. The van der Waals surface area contributed by atoms with Crippen LogP contribution in [0.4, 0.5) is 5.13 Å². The fourth-order valence-corrected chi connectivity index (χ4v) is 4.47. The lowest BCUT2D eigenvalue weighted by Crippen LogP contribution is -2.12. The van der Waals surface area contributed by atoms with E-state index < -0.39 is 0 Å². The summed E-state index contributed by atoms with van der Waals surface area (Å²) in [7, 11) is 0. The minimum absolute atomic E-state index is 0.251. The van der Waals surface area contributed by atoms with Crippen LogP contribution in [0, 0.1) is 0 Å². The van der Waals surface area contributed by atoms with Crippen molar-refractivity contribution in [3.63, 3.8) is 0 Å². The molecular weight excluding hydrogens is 430 g/mol. The second-order valence-electron chi connectivity index (χ2n) is 6.47. The van der Waals surface area contributed by atoms with Gasteiger partial charge in [0.15, 0.2) is 16.7 Å². The monoisotopic (exact) mass is 445 g/mol. The lowest BCUT2D eigenvalue weighted by atomic mass is 10.1. The van der Waals surface area contributed by atoms with Crippen molar-refractivity contribution >= 4 is 45.3 Å². The summed E-state index contributed by atoms with van der Waals surface area (Å²) in [4.78, 5) is 26.0. The Labute approximate surface area is 185 Å². The quantitative estimate of drug-likeness (QED) is 0.280. The second-order valence-corrected chi connectivity index (χ2v) is 8.16. The van der Waals surface area contributed by atoms with Crippen molar-refractivity contribution in [3.05, 3.63) is 84.4 Å². The Balaban J connectivity index is 1.41. The first-order valence-electron chi connectivity index (χ1n) is 9.38.